The standard InChI is InChI=1S/C21H22ClN3O2/c22-16-11-15(12-18-19(16)25-21(27)24-18)20(26)23-17(10-13-6-4-5-7-13)14-8-2-1-3-9-14/h1-3,8-9,11-13,17H,4-7,10H2,(H,23,26)(H2,24,25,27). The van der Waals surface area contributed by atoms with E-state index in [2.05, 4.69) is 27.4 Å². The lowest BCUT2D eigenvalue weighted by atomic mass is 9.93. The molecule has 1 amide bonds. The minimum Gasteiger partial charge on any atom is -0.345 e. The van der Waals surface area contributed by atoms with Gasteiger partial charge in [0.1, 0.15) is 0 Å². The number of fused-ring (bicyclic) bond motifs is 1. The highest BCUT2D eigenvalue weighted by atomic mass is 35.5. The van der Waals surface area contributed by atoms with Gasteiger partial charge in [-0.2, -0.15) is 0 Å². The first-order chi connectivity index (χ1) is 13.1. The highest BCUT2D eigenvalue weighted by Crippen LogP contribution is 2.33. The zero-order valence-corrected chi connectivity index (χ0v) is 15.7. The number of carbonyl (C=O) groups is 1. The summed E-state index contributed by atoms with van der Waals surface area (Å²) in [5.74, 6) is 0.454. The summed E-state index contributed by atoms with van der Waals surface area (Å²) in [6, 6.07) is 13.3. The molecule has 0 radical (unpaired) electrons. The zero-order chi connectivity index (χ0) is 18.8. The van der Waals surface area contributed by atoms with E-state index in [1.807, 2.05) is 18.2 Å². The van der Waals surface area contributed by atoms with Crippen LogP contribution in [0.25, 0.3) is 11.0 Å². The number of amides is 1. The highest BCUT2D eigenvalue weighted by molar-refractivity contribution is 6.35. The fourth-order valence-electron chi connectivity index (χ4n) is 4.02. The van der Waals surface area contributed by atoms with Crippen LogP contribution in [0.2, 0.25) is 5.02 Å². The number of nitrogens with one attached hydrogen (secondary N) is 3. The van der Waals surface area contributed by atoms with Gasteiger partial charge in [-0.1, -0.05) is 67.6 Å². The van der Waals surface area contributed by atoms with Crippen LogP contribution in [-0.2, 0) is 0 Å². The summed E-state index contributed by atoms with van der Waals surface area (Å²) >= 11 is 6.24. The molecule has 4 rings (SSSR count). The van der Waals surface area contributed by atoms with Gasteiger partial charge in [-0.3, -0.25) is 4.79 Å². The first-order valence-corrected chi connectivity index (χ1v) is 9.75. The van der Waals surface area contributed by atoms with Crippen LogP contribution >= 0.6 is 11.6 Å². The van der Waals surface area contributed by atoms with Gasteiger partial charge in [-0.05, 0) is 30.0 Å². The summed E-state index contributed by atoms with van der Waals surface area (Å²) in [5, 5.41) is 3.53. The molecule has 1 aromatic heterocycles. The van der Waals surface area contributed by atoms with Gasteiger partial charge >= 0.3 is 5.69 Å². The van der Waals surface area contributed by atoms with Crippen LogP contribution < -0.4 is 11.0 Å². The Morgan fingerprint density at radius 3 is 2.63 bits per heavy atom. The minimum absolute atomic E-state index is 0.0402. The van der Waals surface area contributed by atoms with Crippen molar-refractivity contribution in [1.29, 1.82) is 0 Å². The molecule has 5 nitrogen and oxygen atoms in total. The number of halogens is 1. The second-order valence-electron chi connectivity index (χ2n) is 7.28. The second-order valence-corrected chi connectivity index (χ2v) is 7.69. The third-order valence-electron chi connectivity index (χ3n) is 5.39. The van der Waals surface area contributed by atoms with Crippen molar-refractivity contribution in [2.24, 2.45) is 5.92 Å². The molecule has 1 heterocycles. The van der Waals surface area contributed by atoms with E-state index < -0.39 is 0 Å². The molecule has 140 valence electrons. The fourth-order valence-corrected chi connectivity index (χ4v) is 4.28. The van der Waals surface area contributed by atoms with Gasteiger partial charge in [0.05, 0.1) is 22.1 Å². The molecule has 3 aromatic rings. The lowest BCUT2D eigenvalue weighted by Gasteiger charge is -2.22. The Balaban J connectivity index is 1.60. The van der Waals surface area contributed by atoms with E-state index in [1.54, 1.807) is 12.1 Å². The minimum atomic E-state index is -0.340. The lowest BCUT2D eigenvalue weighted by molar-refractivity contribution is 0.0931. The molecule has 0 bridgehead atoms. The third kappa shape index (κ3) is 3.93. The molecule has 27 heavy (non-hydrogen) atoms. The molecule has 0 spiro atoms. The maximum atomic E-state index is 12.9. The van der Waals surface area contributed by atoms with E-state index >= 15 is 0 Å². The summed E-state index contributed by atoms with van der Waals surface area (Å²) < 4.78 is 0. The molecule has 1 aliphatic rings. The molecule has 1 fully saturated rings. The average Bonchev–Trinajstić information content (AvgIpc) is 3.31. The molecule has 0 saturated heterocycles. The van der Waals surface area contributed by atoms with Gasteiger partial charge in [0, 0.05) is 5.56 Å². The number of imidazole rings is 1. The molecule has 1 saturated carbocycles. The van der Waals surface area contributed by atoms with Gasteiger partial charge < -0.3 is 15.3 Å². The van der Waals surface area contributed by atoms with Gasteiger partial charge in [-0.15, -0.1) is 0 Å². The Bertz CT molecular complexity index is 1000. The van der Waals surface area contributed by atoms with Gasteiger partial charge in [0.25, 0.3) is 5.91 Å². The first kappa shape index (κ1) is 17.9. The predicted octanol–water partition coefficient (Wildman–Crippen LogP) is 4.56. The SMILES string of the molecule is O=C(NC(CC1CCCC1)c1ccccc1)c1cc(Cl)c2[nH]c(=O)[nH]c2c1. The lowest BCUT2D eigenvalue weighted by Crippen LogP contribution is -2.29. The zero-order valence-electron chi connectivity index (χ0n) is 14.9. The number of aromatic nitrogens is 2. The number of H-pyrrole nitrogens is 2. The molecule has 3 N–H and O–H groups in total. The smallest absolute Gasteiger partial charge is 0.323 e. The van der Waals surface area contributed by atoms with Crippen LogP contribution in [0.3, 0.4) is 0 Å². The van der Waals surface area contributed by atoms with Crippen molar-refractivity contribution < 1.29 is 4.79 Å². The number of carbonyl (C=O) groups excluding carboxylic acids is 1. The number of rotatable bonds is 5. The summed E-state index contributed by atoms with van der Waals surface area (Å²) in [5.41, 5.74) is 2.26. The van der Waals surface area contributed by atoms with Crippen molar-refractivity contribution in [3.63, 3.8) is 0 Å². The summed E-state index contributed by atoms with van der Waals surface area (Å²) in [6.07, 6.45) is 5.93. The molecule has 1 atom stereocenters. The van der Waals surface area contributed by atoms with Crippen LogP contribution in [0.15, 0.2) is 47.3 Å². The molecular weight excluding hydrogens is 362 g/mol. The Kier molecular flexibility index (Phi) is 5.03. The quantitative estimate of drug-likeness (QED) is 0.603. The molecule has 0 aliphatic heterocycles. The van der Waals surface area contributed by atoms with Crippen LogP contribution in [0, 0.1) is 5.92 Å². The van der Waals surface area contributed by atoms with E-state index in [-0.39, 0.29) is 17.6 Å². The van der Waals surface area contributed by atoms with Crippen LogP contribution in [-0.4, -0.2) is 15.9 Å². The van der Waals surface area contributed by atoms with E-state index in [4.69, 9.17) is 11.6 Å². The Morgan fingerprint density at radius 1 is 1.15 bits per heavy atom. The normalized spacial score (nSPS) is 15.9. The molecular formula is C21H22ClN3O2. The Morgan fingerprint density at radius 2 is 1.89 bits per heavy atom. The monoisotopic (exact) mass is 383 g/mol. The maximum Gasteiger partial charge on any atom is 0.323 e. The topological polar surface area (TPSA) is 77.8 Å². The van der Waals surface area contributed by atoms with Crippen LogP contribution in [0.1, 0.15) is 54.1 Å². The summed E-state index contributed by atoms with van der Waals surface area (Å²) in [7, 11) is 0. The van der Waals surface area contributed by atoms with Gasteiger partial charge in [0.2, 0.25) is 0 Å². The van der Waals surface area contributed by atoms with Crippen molar-refractivity contribution in [3.05, 3.63) is 69.1 Å². The Labute approximate surface area is 162 Å². The number of hydrogen-bond donors (Lipinski definition) is 3. The van der Waals surface area contributed by atoms with Crippen molar-refractivity contribution >= 4 is 28.5 Å². The van der Waals surface area contributed by atoms with E-state index in [0.717, 1.165) is 12.0 Å². The van der Waals surface area contributed by atoms with Crippen molar-refractivity contribution in [3.8, 4) is 0 Å². The summed E-state index contributed by atoms with van der Waals surface area (Å²) in [4.78, 5) is 29.7. The van der Waals surface area contributed by atoms with Crippen molar-refractivity contribution in [1.82, 2.24) is 15.3 Å². The Hall–Kier alpha value is -2.53. The van der Waals surface area contributed by atoms with Gasteiger partial charge in [0.15, 0.2) is 0 Å². The molecule has 1 aliphatic carbocycles. The highest BCUT2D eigenvalue weighted by Gasteiger charge is 2.23. The summed E-state index contributed by atoms with van der Waals surface area (Å²) in [6.45, 7) is 0. The predicted molar refractivity (Wildman–Crippen MR) is 107 cm³/mol. The average molecular weight is 384 g/mol. The third-order valence-corrected chi connectivity index (χ3v) is 5.69. The van der Waals surface area contributed by atoms with E-state index in [9.17, 15) is 9.59 Å². The molecule has 6 heteroatoms. The maximum absolute atomic E-state index is 12.9. The number of benzene rings is 2. The number of aromatic amines is 2. The van der Waals surface area contributed by atoms with Crippen molar-refractivity contribution in [2.75, 3.05) is 0 Å². The largest absolute Gasteiger partial charge is 0.345 e. The van der Waals surface area contributed by atoms with E-state index in [1.165, 1.54) is 25.7 Å². The fraction of sp³-hybridized carbons (Fsp3) is 0.333. The second kappa shape index (κ2) is 7.61. The van der Waals surface area contributed by atoms with E-state index in [0.29, 0.717) is 27.5 Å². The van der Waals surface area contributed by atoms with Crippen LogP contribution in [0.5, 0.6) is 0 Å². The van der Waals surface area contributed by atoms with Gasteiger partial charge in [-0.25, -0.2) is 4.79 Å². The van der Waals surface area contributed by atoms with Crippen molar-refractivity contribution in [2.45, 2.75) is 38.1 Å². The number of hydrogen-bond acceptors (Lipinski definition) is 2. The molecule has 2 aromatic carbocycles. The molecule has 1 unspecified atom stereocenters. The van der Waals surface area contributed by atoms with Crippen LogP contribution in [0.4, 0.5) is 0 Å². The first-order valence-electron chi connectivity index (χ1n) is 9.37.